The summed E-state index contributed by atoms with van der Waals surface area (Å²) in [5.41, 5.74) is -1.45. The van der Waals surface area contributed by atoms with Gasteiger partial charge in [-0.3, -0.25) is 9.59 Å². The molecule has 3 heterocycles. The topological polar surface area (TPSA) is 59.8 Å². The van der Waals surface area contributed by atoms with Crippen LogP contribution in [-0.4, -0.2) is 40.9 Å². The van der Waals surface area contributed by atoms with Crippen LogP contribution in [-0.2, 0) is 17.4 Å². The number of hydrogen-bond donors (Lipinski definition) is 0. The van der Waals surface area contributed by atoms with Gasteiger partial charge in [0.05, 0.1) is 24.3 Å². The third-order valence-corrected chi connectivity index (χ3v) is 8.75. The average molecular weight is 578 g/mol. The predicted molar refractivity (Wildman–Crippen MR) is 139 cm³/mol. The number of carbonyl (C=O) groups excluding carboxylic acids is 2. The molecule has 0 N–H and O–H groups in total. The number of rotatable bonds is 7. The first kappa shape index (κ1) is 27.9. The summed E-state index contributed by atoms with van der Waals surface area (Å²) < 4.78 is 82.7. The average Bonchev–Trinajstić information content (AvgIpc) is 3.61. The van der Waals surface area contributed by atoms with Crippen LogP contribution in [0.15, 0.2) is 64.8 Å². The van der Waals surface area contributed by atoms with Gasteiger partial charge in [0.25, 0.3) is 5.91 Å². The van der Waals surface area contributed by atoms with Crippen molar-refractivity contribution in [2.75, 3.05) is 12.9 Å². The first-order chi connectivity index (χ1) is 19.1. The molecule has 0 aliphatic carbocycles. The van der Waals surface area contributed by atoms with Gasteiger partial charge in [-0.2, -0.15) is 13.2 Å². The van der Waals surface area contributed by atoms with Crippen LogP contribution in [0.25, 0.3) is 5.57 Å². The molecular formula is C29H24F5NO4S. The van der Waals surface area contributed by atoms with Crippen molar-refractivity contribution in [3.05, 3.63) is 94.5 Å². The molecule has 5 nitrogen and oxygen atoms in total. The second-order valence-electron chi connectivity index (χ2n) is 9.44. The fourth-order valence-corrected chi connectivity index (χ4v) is 7.16. The Morgan fingerprint density at radius 3 is 2.52 bits per heavy atom. The molecule has 2 aliphatic rings. The van der Waals surface area contributed by atoms with Crippen LogP contribution in [0.2, 0.25) is 0 Å². The minimum Gasteiger partial charge on any atom is -0.494 e. The second kappa shape index (κ2) is 10.8. The number of amides is 1. The lowest BCUT2D eigenvalue weighted by atomic mass is 9.79. The maximum Gasteiger partial charge on any atom is 0.416 e. The molecule has 11 heteroatoms. The van der Waals surface area contributed by atoms with Crippen molar-refractivity contribution in [3.8, 4) is 5.75 Å². The first-order valence-electron chi connectivity index (χ1n) is 12.5. The summed E-state index contributed by atoms with van der Waals surface area (Å²) >= 11 is 1.22. The Bertz CT molecular complexity index is 1480. The number of benzene rings is 2. The highest BCUT2D eigenvalue weighted by molar-refractivity contribution is 8.00. The molecule has 5 rings (SSSR count). The zero-order valence-corrected chi connectivity index (χ0v) is 22.2. The van der Waals surface area contributed by atoms with Gasteiger partial charge < -0.3 is 14.1 Å². The molecule has 0 radical (unpaired) electrons. The Kier molecular flexibility index (Phi) is 7.52. The SMILES string of the molecule is CCC1=C(c2cccc(OC)c2F)C(=O)N2C(C(=O)c3ccco3)CSC2C1Cc1c(F)cccc1C(F)(F)F. The van der Waals surface area contributed by atoms with Crippen LogP contribution in [0.3, 0.4) is 0 Å². The molecule has 1 amide bonds. The molecule has 0 spiro atoms. The van der Waals surface area contributed by atoms with Crippen molar-refractivity contribution >= 4 is 29.0 Å². The fraction of sp³-hybridized carbons (Fsp3) is 0.310. The first-order valence-corrected chi connectivity index (χ1v) is 13.6. The Balaban J connectivity index is 1.70. The number of furan rings is 1. The lowest BCUT2D eigenvalue weighted by Crippen LogP contribution is -2.52. The van der Waals surface area contributed by atoms with Gasteiger partial charge in [0.2, 0.25) is 5.78 Å². The molecule has 40 heavy (non-hydrogen) atoms. The van der Waals surface area contributed by atoms with Gasteiger partial charge in [-0.15, -0.1) is 11.8 Å². The van der Waals surface area contributed by atoms with E-state index < -0.39 is 64.4 Å². The third-order valence-electron chi connectivity index (χ3n) is 7.34. The molecule has 0 saturated carbocycles. The molecule has 1 aromatic heterocycles. The molecule has 210 valence electrons. The summed E-state index contributed by atoms with van der Waals surface area (Å²) in [6.07, 6.45) is -3.74. The summed E-state index contributed by atoms with van der Waals surface area (Å²) in [4.78, 5) is 28.8. The molecule has 3 atom stereocenters. The number of halogens is 5. The number of fused-ring (bicyclic) bond motifs is 1. The van der Waals surface area contributed by atoms with Crippen LogP contribution in [0.5, 0.6) is 5.75 Å². The van der Waals surface area contributed by atoms with E-state index in [0.29, 0.717) is 5.57 Å². The predicted octanol–water partition coefficient (Wildman–Crippen LogP) is 6.77. The molecule has 0 bridgehead atoms. The van der Waals surface area contributed by atoms with E-state index in [1.54, 1.807) is 6.92 Å². The largest absolute Gasteiger partial charge is 0.494 e. The zero-order chi connectivity index (χ0) is 28.8. The van der Waals surface area contributed by atoms with E-state index in [1.807, 2.05) is 0 Å². The van der Waals surface area contributed by atoms with E-state index >= 15 is 8.78 Å². The summed E-state index contributed by atoms with van der Waals surface area (Å²) in [6, 6.07) is 8.99. The van der Waals surface area contributed by atoms with Crippen molar-refractivity contribution in [1.29, 1.82) is 0 Å². The quantitative estimate of drug-likeness (QED) is 0.229. The Morgan fingerprint density at radius 1 is 1.12 bits per heavy atom. The number of ether oxygens (including phenoxy) is 1. The number of methoxy groups -OCH3 is 1. The maximum atomic E-state index is 15.6. The van der Waals surface area contributed by atoms with Gasteiger partial charge in [0.15, 0.2) is 17.3 Å². The number of Topliss-reactive ketones (excluding diaryl/α,β-unsaturated/α-hetero) is 1. The summed E-state index contributed by atoms with van der Waals surface area (Å²) in [5.74, 6) is -3.79. The molecule has 3 unspecified atom stereocenters. The molecule has 2 aliphatic heterocycles. The van der Waals surface area contributed by atoms with Crippen molar-refractivity contribution in [1.82, 2.24) is 4.90 Å². The van der Waals surface area contributed by atoms with E-state index in [1.165, 1.54) is 60.4 Å². The van der Waals surface area contributed by atoms with Gasteiger partial charge in [-0.05, 0) is 43.2 Å². The Hall–Kier alpha value is -3.60. The van der Waals surface area contributed by atoms with Crippen molar-refractivity contribution in [3.63, 3.8) is 0 Å². The number of thioether (sulfide) groups is 1. The smallest absolute Gasteiger partial charge is 0.416 e. The monoisotopic (exact) mass is 577 g/mol. The van der Waals surface area contributed by atoms with E-state index in [9.17, 15) is 22.8 Å². The van der Waals surface area contributed by atoms with Gasteiger partial charge in [0, 0.05) is 28.4 Å². The zero-order valence-electron chi connectivity index (χ0n) is 21.4. The standard InChI is InChI=1S/C29H24F5NO4S/c1-3-15-17(13-18-19(29(32,33)34)8-5-9-20(18)30)28-35(21(14-40-28)26(36)23-11-6-12-39-23)27(37)24(15)16-7-4-10-22(38-2)25(16)31/h4-12,17,21,28H,3,13-14H2,1-2H3. The number of hydrogen-bond acceptors (Lipinski definition) is 5. The highest BCUT2D eigenvalue weighted by Crippen LogP contribution is 2.49. The van der Waals surface area contributed by atoms with E-state index in [0.717, 1.165) is 18.2 Å². The Labute approximate surface area is 231 Å². The van der Waals surface area contributed by atoms with Gasteiger partial charge in [-0.1, -0.05) is 30.7 Å². The van der Waals surface area contributed by atoms with Crippen LogP contribution < -0.4 is 4.74 Å². The maximum absolute atomic E-state index is 15.6. The minimum atomic E-state index is -4.82. The normalized spacial score (nSPS) is 21.1. The number of alkyl halides is 3. The van der Waals surface area contributed by atoms with Gasteiger partial charge >= 0.3 is 6.18 Å². The lowest BCUT2D eigenvalue weighted by Gasteiger charge is -2.41. The van der Waals surface area contributed by atoms with Gasteiger partial charge in [-0.25, -0.2) is 8.78 Å². The third kappa shape index (κ3) is 4.70. The molecule has 1 saturated heterocycles. The molecule has 3 aromatic rings. The van der Waals surface area contributed by atoms with E-state index in [4.69, 9.17) is 9.15 Å². The highest BCUT2D eigenvalue weighted by Gasteiger charge is 2.52. The summed E-state index contributed by atoms with van der Waals surface area (Å²) in [5, 5.41) is -0.788. The second-order valence-corrected chi connectivity index (χ2v) is 10.6. The van der Waals surface area contributed by atoms with Crippen molar-refractivity contribution in [2.24, 2.45) is 5.92 Å². The highest BCUT2D eigenvalue weighted by atomic mass is 32.2. The van der Waals surface area contributed by atoms with Crippen molar-refractivity contribution < 1.29 is 40.7 Å². The molecule has 2 aromatic carbocycles. The fourth-order valence-electron chi connectivity index (χ4n) is 5.57. The molecule has 1 fully saturated rings. The van der Waals surface area contributed by atoms with Crippen LogP contribution >= 0.6 is 11.8 Å². The molecular weight excluding hydrogens is 553 g/mol. The number of ketones is 1. The lowest BCUT2D eigenvalue weighted by molar-refractivity contribution is -0.138. The summed E-state index contributed by atoms with van der Waals surface area (Å²) in [7, 11) is 1.27. The number of carbonyl (C=O) groups is 2. The minimum absolute atomic E-state index is 0.0171. The van der Waals surface area contributed by atoms with Crippen LogP contribution in [0.1, 0.15) is 40.6 Å². The van der Waals surface area contributed by atoms with Crippen LogP contribution in [0, 0.1) is 17.6 Å². The summed E-state index contributed by atoms with van der Waals surface area (Å²) in [6.45, 7) is 1.71. The van der Waals surface area contributed by atoms with E-state index in [-0.39, 0.29) is 34.8 Å². The van der Waals surface area contributed by atoms with Crippen molar-refractivity contribution in [2.45, 2.75) is 37.4 Å². The van der Waals surface area contributed by atoms with Gasteiger partial charge in [0.1, 0.15) is 11.9 Å². The Morgan fingerprint density at radius 2 is 1.88 bits per heavy atom. The van der Waals surface area contributed by atoms with E-state index in [2.05, 4.69) is 0 Å². The van der Waals surface area contributed by atoms with Crippen LogP contribution in [0.4, 0.5) is 22.0 Å². The number of nitrogens with zero attached hydrogens (tertiary/aromatic N) is 1.